The molecule has 7 rings (SSSR count). The molecule has 0 saturated heterocycles. The van der Waals surface area contributed by atoms with E-state index < -0.39 is 12.1 Å². The van der Waals surface area contributed by atoms with Gasteiger partial charge in [-0.05, 0) is 86.1 Å². The first-order valence-electron chi connectivity index (χ1n) is 15.8. The van der Waals surface area contributed by atoms with E-state index >= 15 is 0 Å². The highest BCUT2D eigenvalue weighted by Crippen LogP contribution is 2.32. The van der Waals surface area contributed by atoms with Gasteiger partial charge in [0, 0.05) is 16.5 Å². The smallest absolute Gasteiger partial charge is 0.339 e. The van der Waals surface area contributed by atoms with Crippen LogP contribution in [0, 0.1) is 6.92 Å². The van der Waals surface area contributed by atoms with E-state index in [1.165, 1.54) is 0 Å². The molecule has 0 bridgehead atoms. The van der Waals surface area contributed by atoms with E-state index in [2.05, 4.69) is 0 Å². The number of benzene rings is 5. The number of ether oxygens (including phenoxy) is 2. The van der Waals surface area contributed by atoms with Crippen LogP contribution in [0.1, 0.15) is 59.5 Å². The van der Waals surface area contributed by atoms with Crippen LogP contribution >= 0.6 is 0 Å². The minimum atomic E-state index is -1.06. The topological polar surface area (TPSA) is 103 Å². The summed E-state index contributed by atoms with van der Waals surface area (Å²) in [4.78, 5) is 58.9. The van der Waals surface area contributed by atoms with E-state index in [0.29, 0.717) is 56.9 Å². The molecule has 0 N–H and O–H groups in total. The quantitative estimate of drug-likeness (QED) is 0.0891. The van der Waals surface area contributed by atoms with Gasteiger partial charge in [-0.1, -0.05) is 66.2 Å². The van der Waals surface area contributed by atoms with E-state index in [-0.39, 0.29) is 23.2 Å². The first kappa shape index (κ1) is 31.2. The fourth-order valence-electron chi connectivity index (χ4n) is 5.83. The van der Waals surface area contributed by atoms with Crippen LogP contribution in [0.3, 0.4) is 0 Å². The fraction of sp³-hybridized carbons (Fsp3) is 0.0976. The number of carbonyl (C=O) groups is 4. The number of imide groups is 1. The molecule has 0 spiro atoms. The van der Waals surface area contributed by atoms with Gasteiger partial charge in [0.2, 0.25) is 5.78 Å². The highest BCUT2D eigenvalue weighted by atomic mass is 16.5. The number of hydrogen-bond acceptors (Lipinski definition) is 7. The minimum absolute atomic E-state index is 0.262. The van der Waals surface area contributed by atoms with Crippen molar-refractivity contribution >= 4 is 40.2 Å². The van der Waals surface area contributed by atoms with Crippen molar-refractivity contribution in [1.82, 2.24) is 4.98 Å². The maximum absolute atomic E-state index is 13.7. The molecule has 1 aliphatic heterocycles. The van der Waals surface area contributed by atoms with Crippen LogP contribution in [0.2, 0.25) is 0 Å². The summed E-state index contributed by atoms with van der Waals surface area (Å²) >= 11 is 0. The molecular formula is C41H30N2O6. The van der Waals surface area contributed by atoms with Gasteiger partial charge in [0.25, 0.3) is 11.8 Å². The summed E-state index contributed by atoms with van der Waals surface area (Å²) in [6, 6.07) is 37.3. The first-order valence-corrected chi connectivity index (χ1v) is 15.8. The summed E-state index contributed by atoms with van der Waals surface area (Å²) in [5.41, 5.74) is 5.49. The number of aromatic nitrogens is 1. The molecule has 1 atom stereocenters. The van der Waals surface area contributed by atoms with Crippen molar-refractivity contribution in [2.24, 2.45) is 0 Å². The Bertz CT molecular complexity index is 2210. The molecule has 49 heavy (non-hydrogen) atoms. The predicted molar refractivity (Wildman–Crippen MR) is 186 cm³/mol. The second-order valence-electron chi connectivity index (χ2n) is 11.8. The number of amides is 2. The lowest BCUT2D eigenvalue weighted by Crippen LogP contribution is -2.29. The Labute approximate surface area is 282 Å². The Kier molecular flexibility index (Phi) is 8.28. The van der Waals surface area contributed by atoms with Crippen molar-refractivity contribution in [3.8, 4) is 17.0 Å². The second kappa shape index (κ2) is 13.0. The van der Waals surface area contributed by atoms with Crippen molar-refractivity contribution in [3.63, 3.8) is 0 Å². The standard InChI is InChI=1S/C41H30N2O6/c1-25-12-21-36-34(22-25)35(41(47)49-26(2)38(44)29-15-19-31(20-16-29)48-24-27-8-4-3-5-9-27)23-37(42-36)28-13-17-30(18-14-28)43-39(45)32-10-6-7-11-33(32)40(43)46/h3-23,26H,24H2,1-2H3. The zero-order valence-electron chi connectivity index (χ0n) is 26.8. The SMILES string of the molecule is Cc1ccc2nc(-c3ccc(N4C(=O)c5ccccc5C4=O)cc3)cc(C(=O)OC(C)C(=O)c3ccc(OCc4ccccc4)cc3)c2c1. The Balaban J connectivity index is 1.10. The Hall–Kier alpha value is -6.41. The number of hydrogen-bond donors (Lipinski definition) is 0. The van der Waals surface area contributed by atoms with Crippen molar-refractivity contribution in [2.75, 3.05) is 4.90 Å². The monoisotopic (exact) mass is 646 g/mol. The van der Waals surface area contributed by atoms with Gasteiger partial charge in [-0.25, -0.2) is 14.7 Å². The highest BCUT2D eigenvalue weighted by molar-refractivity contribution is 6.34. The molecule has 6 aromatic rings. The van der Waals surface area contributed by atoms with Crippen LogP contribution < -0.4 is 9.64 Å². The van der Waals surface area contributed by atoms with Crippen molar-refractivity contribution in [2.45, 2.75) is 26.6 Å². The largest absolute Gasteiger partial charge is 0.489 e. The number of nitrogens with zero attached hydrogens (tertiary/aromatic N) is 2. The van der Waals surface area contributed by atoms with Gasteiger partial charge in [0.15, 0.2) is 6.10 Å². The molecule has 0 radical (unpaired) electrons. The third-order valence-electron chi connectivity index (χ3n) is 8.44. The molecule has 5 aromatic carbocycles. The fourth-order valence-corrected chi connectivity index (χ4v) is 5.83. The summed E-state index contributed by atoms with van der Waals surface area (Å²) in [6.07, 6.45) is -1.06. The molecule has 1 aliphatic rings. The number of fused-ring (bicyclic) bond motifs is 2. The molecule has 0 saturated carbocycles. The van der Waals surface area contributed by atoms with Crippen molar-refractivity contribution in [1.29, 1.82) is 0 Å². The van der Waals surface area contributed by atoms with Crippen molar-refractivity contribution in [3.05, 3.63) is 161 Å². The lowest BCUT2D eigenvalue weighted by molar-refractivity contribution is 0.0320. The van der Waals surface area contributed by atoms with Crippen molar-refractivity contribution < 1.29 is 28.7 Å². The molecule has 0 fully saturated rings. The third kappa shape index (κ3) is 6.19. The molecule has 8 nitrogen and oxygen atoms in total. The van der Waals surface area contributed by atoms with E-state index in [1.54, 1.807) is 85.8 Å². The normalized spacial score (nSPS) is 12.9. The summed E-state index contributed by atoms with van der Waals surface area (Å²) in [6.45, 7) is 3.87. The number of esters is 1. The Morgan fingerprint density at radius 2 is 1.41 bits per heavy atom. The Morgan fingerprint density at radius 1 is 0.755 bits per heavy atom. The molecular weight excluding hydrogens is 616 g/mol. The number of Topliss-reactive ketones (excluding diaryl/α,β-unsaturated/α-hetero) is 1. The number of rotatable bonds is 9. The number of pyridine rings is 1. The first-order chi connectivity index (χ1) is 23.8. The number of ketones is 1. The van der Waals surface area contributed by atoms with E-state index in [4.69, 9.17) is 14.5 Å². The molecule has 1 unspecified atom stereocenters. The van der Waals surface area contributed by atoms with Crippen LogP contribution in [0.15, 0.2) is 127 Å². The van der Waals surface area contributed by atoms with Crippen LogP contribution in [-0.4, -0.2) is 34.7 Å². The van der Waals surface area contributed by atoms with Crippen LogP contribution in [0.4, 0.5) is 5.69 Å². The third-order valence-corrected chi connectivity index (χ3v) is 8.44. The highest BCUT2D eigenvalue weighted by Gasteiger charge is 2.36. The minimum Gasteiger partial charge on any atom is -0.489 e. The maximum Gasteiger partial charge on any atom is 0.339 e. The average molecular weight is 647 g/mol. The van der Waals surface area contributed by atoms with Gasteiger partial charge in [0.1, 0.15) is 12.4 Å². The van der Waals surface area contributed by atoms with Gasteiger partial charge in [-0.3, -0.25) is 14.4 Å². The molecule has 2 heterocycles. The van der Waals surface area contributed by atoms with E-state index in [0.717, 1.165) is 16.0 Å². The summed E-state index contributed by atoms with van der Waals surface area (Å²) in [5.74, 6) is -1.15. The molecule has 240 valence electrons. The molecule has 1 aromatic heterocycles. The number of anilines is 1. The van der Waals surface area contributed by atoms with Crippen LogP contribution in [-0.2, 0) is 11.3 Å². The lowest BCUT2D eigenvalue weighted by Gasteiger charge is -2.16. The van der Waals surface area contributed by atoms with Crippen LogP contribution in [0.5, 0.6) is 5.75 Å². The summed E-state index contributed by atoms with van der Waals surface area (Å²) < 4.78 is 11.6. The maximum atomic E-state index is 13.7. The number of carbonyl (C=O) groups excluding carboxylic acids is 4. The van der Waals surface area contributed by atoms with Crippen LogP contribution in [0.25, 0.3) is 22.2 Å². The molecule has 2 amide bonds. The molecule has 8 heteroatoms. The molecule has 0 aliphatic carbocycles. The van der Waals surface area contributed by atoms with Gasteiger partial charge in [-0.2, -0.15) is 0 Å². The van der Waals surface area contributed by atoms with E-state index in [9.17, 15) is 19.2 Å². The summed E-state index contributed by atoms with van der Waals surface area (Å²) in [7, 11) is 0. The van der Waals surface area contributed by atoms with Gasteiger partial charge >= 0.3 is 5.97 Å². The van der Waals surface area contributed by atoms with E-state index in [1.807, 2.05) is 55.5 Å². The Morgan fingerprint density at radius 3 is 2.08 bits per heavy atom. The average Bonchev–Trinajstić information content (AvgIpc) is 3.39. The van der Waals surface area contributed by atoms with Gasteiger partial charge < -0.3 is 9.47 Å². The van der Waals surface area contributed by atoms with Gasteiger partial charge in [0.05, 0.1) is 33.6 Å². The zero-order valence-corrected chi connectivity index (χ0v) is 26.8. The second-order valence-corrected chi connectivity index (χ2v) is 11.8. The summed E-state index contributed by atoms with van der Waals surface area (Å²) in [5, 5.41) is 0.593. The number of aryl methyl sites for hydroxylation is 1. The zero-order chi connectivity index (χ0) is 34.1. The van der Waals surface area contributed by atoms with Gasteiger partial charge in [-0.15, -0.1) is 0 Å². The lowest BCUT2D eigenvalue weighted by atomic mass is 10.0. The predicted octanol–water partition coefficient (Wildman–Crippen LogP) is 8.02.